The van der Waals surface area contributed by atoms with Gasteiger partial charge in [0.2, 0.25) is 0 Å². The molecule has 1 saturated carbocycles. The van der Waals surface area contributed by atoms with Crippen LogP contribution in [0.2, 0.25) is 5.02 Å². The normalized spacial score (nSPS) is 31.8. The molecule has 0 heterocycles. The van der Waals surface area contributed by atoms with Crippen molar-refractivity contribution >= 4 is 11.6 Å². The fraction of sp³-hybridized carbons (Fsp3) is 0.400. The molecule has 0 radical (unpaired) electrons. The van der Waals surface area contributed by atoms with Gasteiger partial charge in [-0.25, -0.2) is 4.39 Å². The zero-order valence-electron chi connectivity index (χ0n) is 7.22. The lowest BCUT2D eigenvalue weighted by Gasteiger charge is -2.10. The topological polar surface area (TPSA) is 20.2 Å². The van der Waals surface area contributed by atoms with E-state index in [0.29, 0.717) is 17.0 Å². The third-order valence-corrected chi connectivity index (χ3v) is 2.91. The number of rotatable bonds is 1. The van der Waals surface area contributed by atoms with E-state index in [2.05, 4.69) is 0 Å². The van der Waals surface area contributed by atoms with Crippen molar-refractivity contribution in [1.82, 2.24) is 0 Å². The quantitative estimate of drug-likeness (QED) is 0.739. The summed E-state index contributed by atoms with van der Waals surface area (Å²) < 4.78 is 13.3. The maximum atomic E-state index is 13.3. The van der Waals surface area contributed by atoms with E-state index < -0.39 is 11.4 Å². The number of aliphatic hydroxyl groups is 1. The maximum absolute atomic E-state index is 13.3. The molecule has 1 nitrogen and oxygen atoms in total. The highest BCUT2D eigenvalue weighted by molar-refractivity contribution is 6.30. The molecule has 0 amide bonds. The molecule has 2 atom stereocenters. The van der Waals surface area contributed by atoms with E-state index in [9.17, 15) is 9.50 Å². The summed E-state index contributed by atoms with van der Waals surface area (Å²) in [6.45, 7) is 1.90. The number of hydrogen-bond donors (Lipinski definition) is 1. The van der Waals surface area contributed by atoms with Gasteiger partial charge in [-0.1, -0.05) is 24.6 Å². The van der Waals surface area contributed by atoms with Crippen LogP contribution in [-0.4, -0.2) is 5.11 Å². The molecule has 0 spiro atoms. The molecule has 0 aliphatic heterocycles. The van der Waals surface area contributed by atoms with Crippen molar-refractivity contribution < 1.29 is 9.50 Å². The van der Waals surface area contributed by atoms with E-state index in [1.165, 1.54) is 6.07 Å². The highest BCUT2D eigenvalue weighted by atomic mass is 35.5. The summed E-state index contributed by atoms with van der Waals surface area (Å²) >= 11 is 5.60. The first-order valence-electron chi connectivity index (χ1n) is 4.22. The molecule has 2 rings (SSSR count). The van der Waals surface area contributed by atoms with Crippen LogP contribution in [-0.2, 0) is 5.60 Å². The molecule has 1 aliphatic carbocycles. The third kappa shape index (κ3) is 1.34. The van der Waals surface area contributed by atoms with Gasteiger partial charge in [-0.2, -0.15) is 0 Å². The minimum Gasteiger partial charge on any atom is -0.385 e. The molecule has 0 bridgehead atoms. The van der Waals surface area contributed by atoms with Crippen molar-refractivity contribution in [2.45, 2.75) is 18.9 Å². The average Bonchev–Trinajstić information content (AvgIpc) is 2.59. The molecular formula is C10H10ClFO. The molecule has 3 heteroatoms. The van der Waals surface area contributed by atoms with Crippen molar-refractivity contribution in [3.63, 3.8) is 0 Å². The van der Waals surface area contributed by atoms with E-state index >= 15 is 0 Å². The zero-order valence-corrected chi connectivity index (χ0v) is 7.98. The minimum absolute atomic E-state index is 0.142. The van der Waals surface area contributed by atoms with Crippen LogP contribution in [0.25, 0.3) is 0 Å². The Morgan fingerprint density at radius 3 is 2.69 bits per heavy atom. The summed E-state index contributed by atoms with van der Waals surface area (Å²) in [6, 6.07) is 4.39. The van der Waals surface area contributed by atoms with Gasteiger partial charge in [-0.3, -0.25) is 0 Å². The van der Waals surface area contributed by atoms with Crippen LogP contribution in [0.4, 0.5) is 4.39 Å². The van der Waals surface area contributed by atoms with Crippen LogP contribution in [0, 0.1) is 11.7 Å². The fourth-order valence-corrected chi connectivity index (χ4v) is 1.78. The van der Waals surface area contributed by atoms with Gasteiger partial charge in [0.25, 0.3) is 0 Å². The summed E-state index contributed by atoms with van der Waals surface area (Å²) in [4.78, 5) is 0. The predicted molar refractivity (Wildman–Crippen MR) is 49.1 cm³/mol. The highest BCUT2D eigenvalue weighted by Gasteiger charge is 2.52. The van der Waals surface area contributed by atoms with Gasteiger partial charge in [-0.05, 0) is 24.5 Å². The Morgan fingerprint density at radius 2 is 2.23 bits per heavy atom. The monoisotopic (exact) mass is 200 g/mol. The summed E-state index contributed by atoms with van der Waals surface area (Å²) in [5, 5.41) is 10.2. The minimum atomic E-state index is -0.950. The average molecular weight is 201 g/mol. The van der Waals surface area contributed by atoms with Gasteiger partial charge in [-0.15, -0.1) is 0 Å². The van der Waals surface area contributed by atoms with Gasteiger partial charge in [0.15, 0.2) is 0 Å². The van der Waals surface area contributed by atoms with Gasteiger partial charge in [0, 0.05) is 10.6 Å². The Balaban J connectivity index is 2.42. The van der Waals surface area contributed by atoms with Crippen LogP contribution in [0.1, 0.15) is 18.9 Å². The SMILES string of the molecule is CC1CC1(O)c1ccc(Cl)cc1F. The Labute approximate surface area is 81.1 Å². The summed E-state index contributed by atoms with van der Waals surface area (Å²) in [5.41, 5.74) is -0.585. The Bertz CT molecular complexity index is 353. The zero-order chi connectivity index (χ0) is 9.64. The first-order chi connectivity index (χ1) is 6.04. The first-order valence-corrected chi connectivity index (χ1v) is 4.60. The van der Waals surface area contributed by atoms with Crippen molar-refractivity contribution in [2.24, 2.45) is 5.92 Å². The molecule has 1 aliphatic rings. The molecule has 1 aromatic carbocycles. The highest BCUT2D eigenvalue weighted by Crippen LogP contribution is 2.52. The van der Waals surface area contributed by atoms with E-state index in [0.717, 1.165) is 0 Å². The van der Waals surface area contributed by atoms with E-state index in [4.69, 9.17) is 11.6 Å². The molecular weight excluding hydrogens is 191 g/mol. The third-order valence-electron chi connectivity index (χ3n) is 2.67. The molecule has 13 heavy (non-hydrogen) atoms. The van der Waals surface area contributed by atoms with E-state index in [1.54, 1.807) is 12.1 Å². The van der Waals surface area contributed by atoms with Crippen molar-refractivity contribution in [3.05, 3.63) is 34.6 Å². The van der Waals surface area contributed by atoms with Gasteiger partial charge in [0.1, 0.15) is 5.82 Å². The first kappa shape index (κ1) is 8.97. The molecule has 2 unspecified atom stereocenters. The lowest BCUT2D eigenvalue weighted by Crippen LogP contribution is -2.09. The number of hydrogen-bond acceptors (Lipinski definition) is 1. The molecule has 1 fully saturated rings. The number of benzene rings is 1. The predicted octanol–water partition coefficient (Wildman–Crippen LogP) is 2.71. The standard InChI is InChI=1S/C10H10ClFO/c1-6-5-10(6,13)8-3-2-7(11)4-9(8)12/h2-4,6,13H,5H2,1H3. The molecule has 0 saturated heterocycles. The van der Waals surface area contributed by atoms with Gasteiger partial charge < -0.3 is 5.11 Å². The summed E-state index contributed by atoms with van der Waals surface area (Å²) in [7, 11) is 0. The van der Waals surface area contributed by atoms with Crippen LogP contribution >= 0.6 is 11.6 Å². The van der Waals surface area contributed by atoms with E-state index in [-0.39, 0.29) is 5.92 Å². The molecule has 1 N–H and O–H groups in total. The van der Waals surface area contributed by atoms with Crippen LogP contribution in [0.5, 0.6) is 0 Å². The van der Waals surface area contributed by atoms with Crippen LogP contribution in [0.15, 0.2) is 18.2 Å². The van der Waals surface area contributed by atoms with Gasteiger partial charge >= 0.3 is 0 Å². The Hall–Kier alpha value is -0.600. The second-order valence-corrected chi connectivity index (χ2v) is 4.09. The Morgan fingerprint density at radius 1 is 1.62 bits per heavy atom. The summed E-state index contributed by atoms with van der Waals surface area (Å²) in [5.74, 6) is -0.275. The maximum Gasteiger partial charge on any atom is 0.130 e. The smallest absolute Gasteiger partial charge is 0.130 e. The van der Waals surface area contributed by atoms with Crippen molar-refractivity contribution in [3.8, 4) is 0 Å². The molecule has 0 aromatic heterocycles. The van der Waals surface area contributed by atoms with Crippen LogP contribution < -0.4 is 0 Å². The lowest BCUT2D eigenvalue weighted by atomic mass is 10.1. The second-order valence-electron chi connectivity index (χ2n) is 3.65. The molecule has 70 valence electrons. The van der Waals surface area contributed by atoms with Crippen molar-refractivity contribution in [1.29, 1.82) is 0 Å². The molecule has 1 aromatic rings. The van der Waals surface area contributed by atoms with Crippen molar-refractivity contribution in [2.75, 3.05) is 0 Å². The largest absolute Gasteiger partial charge is 0.385 e. The van der Waals surface area contributed by atoms with E-state index in [1.807, 2.05) is 6.92 Å². The number of halogens is 2. The summed E-state index contributed by atoms with van der Waals surface area (Å²) in [6.07, 6.45) is 0.631. The lowest BCUT2D eigenvalue weighted by molar-refractivity contribution is 0.130. The second kappa shape index (κ2) is 2.69. The van der Waals surface area contributed by atoms with Crippen LogP contribution in [0.3, 0.4) is 0 Å². The Kier molecular flexibility index (Phi) is 1.86. The van der Waals surface area contributed by atoms with Gasteiger partial charge in [0.05, 0.1) is 5.60 Å². The fourth-order valence-electron chi connectivity index (χ4n) is 1.62.